The minimum atomic E-state index is -1.42. The maximum absolute atomic E-state index is 8.40. The molecule has 4 radical (unpaired) electrons. The smallest absolute Gasteiger partial charge is 0.274 e. The summed E-state index contributed by atoms with van der Waals surface area (Å²) in [6, 6.07) is 0. The third-order valence-corrected chi connectivity index (χ3v) is 0. The van der Waals surface area contributed by atoms with Crippen LogP contribution in [0.1, 0.15) is 0 Å². The summed E-state index contributed by atoms with van der Waals surface area (Å²) >= 11 is 0. The molecule has 0 aliphatic carbocycles. The van der Waals surface area contributed by atoms with E-state index in [2.05, 4.69) is 0 Å². The van der Waals surface area contributed by atoms with E-state index in [1.165, 1.54) is 0 Å². The van der Waals surface area contributed by atoms with Crippen LogP contribution in [-0.2, 0) is 8.92 Å². The summed E-state index contributed by atoms with van der Waals surface area (Å²) < 4.78 is 16.8. The summed E-state index contributed by atoms with van der Waals surface area (Å²) in [5, 5.41) is 0. The van der Waals surface area contributed by atoms with Crippen molar-refractivity contribution in [1.29, 1.82) is 0 Å². The lowest BCUT2D eigenvalue weighted by molar-refractivity contribution is 0.497. The van der Waals surface area contributed by atoms with Gasteiger partial charge in [-0.15, -0.1) is 0 Å². The van der Waals surface area contributed by atoms with Gasteiger partial charge in [0.25, 0.3) is 0 Å². The fourth-order valence-electron chi connectivity index (χ4n) is 0. The Kier molecular flexibility index (Phi) is 32.0. The Balaban J connectivity index is 0. The Morgan fingerprint density at radius 1 is 1.25 bits per heavy atom. The molecule has 0 saturated heterocycles. The van der Waals surface area contributed by atoms with E-state index in [0.29, 0.717) is 0 Å². The molecule has 0 fully saturated rings. The summed E-state index contributed by atoms with van der Waals surface area (Å²) in [5.41, 5.74) is 0. The molecule has 0 saturated carbocycles. The molecular weight excluding hydrogens is 72.1 g/mol. The summed E-state index contributed by atoms with van der Waals surface area (Å²) in [6.07, 6.45) is 0. The van der Waals surface area contributed by atoms with Crippen LogP contribution in [0.4, 0.5) is 0 Å². The topological polar surface area (TPSA) is 34.1 Å². The quantitative estimate of drug-likeness (QED) is 0.360. The van der Waals surface area contributed by atoms with Crippen molar-refractivity contribution >= 4 is 9.29 Å². The highest BCUT2D eigenvalue weighted by atomic mass is 28.2. The average molecular weight is 72.1 g/mol. The molecule has 0 atom stereocenters. The van der Waals surface area contributed by atoms with Crippen LogP contribution >= 0.6 is 0 Å². The molecule has 4 heavy (non-hydrogen) atoms. The molecule has 20 valence electrons. The van der Waals surface area contributed by atoms with Crippen molar-refractivity contribution < 1.29 is 8.92 Å². The van der Waals surface area contributed by atoms with Crippen LogP contribution in [0.15, 0.2) is 0 Å². The molecule has 0 unspecified atom stereocenters. The highest BCUT2D eigenvalue weighted by Gasteiger charge is 1.22. The van der Waals surface area contributed by atoms with Crippen LogP contribution in [0.3, 0.4) is 0 Å². The van der Waals surface area contributed by atoms with Gasteiger partial charge in [0.1, 0.15) is 0 Å². The molecule has 0 bridgehead atoms. The van der Waals surface area contributed by atoms with Crippen molar-refractivity contribution in [2.75, 3.05) is 0 Å². The monoisotopic (exact) mass is 72.0 g/mol. The molecule has 0 aliphatic rings. The Morgan fingerprint density at radius 3 is 1.25 bits per heavy atom. The Hall–Kier alpha value is -0.183. The lowest BCUT2D eigenvalue weighted by Crippen LogP contribution is -1.26. The van der Waals surface area contributed by atoms with Crippen molar-refractivity contribution in [2.45, 2.75) is 0 Å². The predicted molar refractivity (Wildman–Crippen MR) is 10.4 cm³/mol. The normalized spacial score (nSPS) is 2.00. The van der Waals surface area contributed by atoms with E-state index in [9.17, 15) is 0 Å². The minimum Gasteiger partial charge on any atom is -0.274 e. The summed E-state index contributed by atoms with van der Waals surface area (Å²) in [7, 11) is -1.42. The van der Waals surface area contributed by atoms with E-state index in [4.69, 9.17) is 8.92 Å². The summed E-state index contributed by atoms with van der Waals surface area (Å²) in [5.74, 6) is 0. The van der Waals surface area contributed by atoms with Gasteiger partial charge in [-0.05, 0) is 0 Å². The molecule has 0 aliphatic heterocycles. The molecule has 0 heterocycles. The van der Waals surface area contributed by atoms with Crippen LogP contribution in [0.25, 0.3) is 0 Å². The van der Waals surface area contributed by atoms with E-state index in [1.807, 2.05) is 0 Å². The molecule has 0 spiro atoms. The first-order chi connectivity index (χ1) is 1.41. The lowest BCUT2D eigenvalue weighted by Gasteiger charge is -0.944. The van der Waals surface area contributed by atoms with Gasteiger partial charge in [0.15, 0.2) is 0 Å². The van der Waals surface area contributed by atoms with Crippen LogP contribution < -0.4 is 0 Å². The lowest BCUT2D eigenvalue weighted by atomic mass is 12.0. The Labute approximate surface area is 26.8 Å². The molecule has 0 aromatic carbocycles. The molecule has 0 aromatic heterocycles. The van der Waals surface area contributed by atoms with Gasteiger partial charge in [-0.2, -0.15) is 0 Å². The molecule has 0 aromatic rings. The van der Waals surface area contributed by atoms with Crippen molar-refractivity contribution in [3.05, 3.63) is 7.43 Å². The zero-order valence-corrected chi connectivity index (χ0v) is 2.82. The second kappa shape index (κ2) is 13.9. The Morgan fingerprint density at radius 2 is 1.25 bits per heavy atom. The maximum atomic E-state index is 8.40. The van der Waals surface area contributed by atoms with Gasteiger partial charge in [-0.25, -0.2) is 0 Å². The third-order valence-electron chi connectivity index (χ3n) is 0. The van der Waals surface area contributed by atoms with Crippen molar-refractivity contribution in [3.63, 3.8) is 0 Å². The predicted octanol–water partition coefficient (Wildman–Crippen LogP) is -0.537. The summed E-state index contributed by atoms with van der Waals surface area (Å²) in [4.78, 5) is 0. The van der Waals surface area contributed by atoms with Crippen LogP contribution in [0.5, 0.6) is 0 Å². The van der Waals surface area contributed by atoms with Crippen molar-refractivity contribution in [2.24, 2.45) is 0 Å². The molecular formula is CO2Si. The second-order valence-corrected chi connectivity index (χ2v) is 0.250. The van der Waals surface area contributed by atoms with Gasteiger partial charge in [-0.3, -0.25) is 8.92 Å². The van der Waals surface area contributed by atoms with Gasteiger partial charge in [0.2, 0.25) is 0 Å². The Bertz CT molecular complexity index is 27.0. The molecule has 3 heteroatoms. The summed E-state index contributed by atoms with van der Waals surface area (Å²) in [6.45, 7) is 0. The van der Waals surface area contributed by atoms with E-state index in [-0.39, 0.29) is 7.43 Å². The van der Waals surface area contributed by atoms with Crippen LogP contribution in [0, 0.1) is 7.43 Å². The van der Waals surface area contributed by atoms with Crippen LogP contribution in [0.2, 0.25) is 0 Å². The first kappa shape index (κ1) is 9.17. The largest absolute Gasteiger partial charge is 0.549 e. The van der Waals surface area contributed by atoms with Gasteiger partial charge >= 0.3 is 9.29 Å². The van der Waals surface area contributed by atoms with Crippen LogP contribution in [-0.4, -0.2) is 9.29 Å². The zero-order chi connectivity index (χ0) is 2.71. The highest BCUT2D eigenvalue weighted by molar-refractivity contribution is 5.94. The molecule has 2 nitrogen and oxygen atoms in total. The van der Waals surface area contributed by atoms with E-state index >= 15 is 0 Å². The number of hydrogen-bond donors (Lipinski definition) is 0. The van der Waals surface area contributed by atoms with Gasteiger partial charge in [0, 0.05) is 7.43 Å². The first-order valence-corrected chi connectivity index (χ1v) is 1.22. The zero-order valence-electron chi connectivity index (χ0n) is 1.82. The van der Waals surface area contributed by atoms with Gasteiger partial charge < -0.3 is 0 Å². The highest BCUT2D eigenvalue weighted by Crippen LogP contribution is 0.759. The molecule has 0 N–H and O–H groups in total. The fourth-order valence-corrected chi connectivity index (χ4v) is 0. The minimum absolute atomic E-state index is 0. The molecule has 0 rings (SSSR count). The van der Waals surface area contributed by atoms with E-state index < -0.39 is 9.29 Å². The van der Waals surface area contributed by atoms with Gasteiger partial charge in [0.05, 0.1) is 0 Å². The first-order valence-electron chi connectivity index (χ1n) is 0.408. The standard InChI is InChI=1S/C.O2Si/c;1-3-2. The van der Waals surface area contributed by atoms with E-state index in [0.717, 1.165) is 0 Å². The molecule has 0 amide bonds. The number of hydrogen-bond acceptors (Lipinski definition) is 2. The third kappa shape index (κ3) is 36.2. The second-order valence-electron chi connectivity index (χ2n) is 0.0833. The van der Waals surface area contributed by atoms with Gasteiger partial charge in [-0.1, -0.05) is 0 Å². The van der Waals surface area contributed by atoms with E-state index in [1.54, 1.807) is 0 Å². The fraction of sp³-hybridized carbons (Fsp3) is 0. The maximum Gasteiger partial charge on any atom is 0.549 e. The number of rotatable bonds is 0. The average Bonchev–Trinajstić information content (AvgIpc) is 0.918. The SMILES string of the molecule is O=[Si]=O.[C]. The van der Waals surface area contributed by atoms with Crippen molar-refractivity contribution in [1.82, 2.24) is 0 Å². The van der Waals surface area contributed by atoms with Crippen molar-refractivity contribution in [3.8, 4) is 0 Å².